The topological polar surface area (TPSA) is 29.1 Å². The van der Waals surface area contributed by atoms with E-state index in [0.29, 0.717) is 5.02 Å². The minimum Gasteiger partial charge on any atom is -0.322 e. The Morgan fingerprint density at radius 3 is 2.42 bits per heavy atom. The lowest BCUT2D eigenvalue weighted by molar-refractivity contribution is -0.111. The minimum absolute atomic E-state index is 0.146. The Bertz CT molecular complexity index is 566. The summed E-state index contributed by atoms with van der Waals surface area (Å²) >= 11 is 7.26. The smallest absolute Gasteiger partial charge is 0.248 e. The van der Waals surface area contributed by atoms with Crippen LogP contribution in [-0.2, 0) is 4.79 Å². The van der Waals surface area contributed by atoms with Crippen LogP contribution in [0.1, 0.15) is 0 Å². The largest absolute Gasteiger partial charge is 0.322 e. The molecule has 0 spiro atoms. The lowest BCUT2D eigenvalue weighted by Gasteiger charge is -2.00. The Balaban J connectivity index is 1.85. The van der Waals surface area contributed by atoms with Gasteiger partial charge >= 0.3 is 0 Å². The molecule has 0 aliphatic carbocycles. The Morgan fingerprint density at radius 1 is 1.05 bits per heavy atom. The summed E-state index contributed by atoms with van der Waals surface area (Å²) in [5.74, 6) is -0.146. The normalized spacial score (nSPS) is 10.6. The monoisotopic (exact) mass is 289 g/mol. The van der Waals surface area contributed by atoms with Crippen molar-refractivity contribution in [2.45, 2.75) is 4.90 Å². The second-order valence-electron chi connectivity index (χ2n) is 3.73. The quantitative estimate of drug-likeness (QED) is 0.659. The van der Waals surface area contributed by atoms with Gasteiger partial charge in [0.05, 0.1) is 0 Å². The van der Waals surface area contributed by atoms with Gasteiger partial charge in [0.2, 0.25) is 5.91 Å². The van der Waals surface area contributed by atoms with Crippen LogP contribution in [0.25, 0.3) is 0 Å². The number of hydrogen-bond donors (Lipinski definition) is 1. The molecule has 19 heavy (non-hydrogen) atoms. The van der Waals surface area contributed by atoms with E-state index in [1.54, 1.807) is 5.41 Å². The standard InChI is InChI=1S/C15H12ClNOS/c16-12-6-8-14(9-7-12)19-11-10-15(18)17-13-4-2-1-3-5-13/h1-11H,(H,17,18)/b11-10+. The highest BCUT2D eigenvalue weighted by atomic mass is 35.5. The molecule has 0 atom stereocenters. The minimum atomic E-state index is -0.146. The number of amides is 1. The first-order chi connectivity index (χ1) is 9.24. The summed E-state index contributed by atoms with van der Waals surface area (Å²) in [4.78, 5) is 12.7. The maximum atomic E-state index is 11.6. The lowest BCUT2D eigenvalue weighted by atomic mass is 10.3. The van der Waals surface area contributed by atoms with Crippen molar-refractivity contribution < 1.29 is 4.79 Å². The van der Waals surface area contributed by atoms with Gasteiger partial charge in [-0.15, -0.1) is 0 Å². The van der Waals surface area contributed by atoms with Gasteiger partial charge in [-0.2, -0.15) is 0 Å². The third-order valence-electron chi connectivity index (χ3n) is 2.28. The van der Waals surface area contributed by atoms with E-state index in [9.17, 15) is 4.79 Å². The second-order valence-corrected chi connectivity index (χ2v) is 5.15. The number of para-hydroxylation sites is 1. The molecule has 96 valence electrons. The fourth-order valence-electron chi connectivity index (χ4n) is 1.39. The second kappa shape index (κ2) is 7.02. The molecule has 0 aliphatic heterocycles. The zero-order chi connectivity index (χ0) is 13.5. The molecule has 0 saturated heterocycles. The summed E-state index contributed by atoms with van der Waals surface area (Å²) in [6.07, 6.45) is 1.51. The van der Waals surface area contributed by atoms with Crippen LogP contribution in [0.15, 0.2) is 71.0 Å². The average molecular weight is 290 g/mol. The van der Waals surface area contributed by atoms with Crippen LogP contribution in [0.4, 0.5) is 5.69 Å². The summed E-state index contributed by atoms with van der Waals surface area (Å²) in [5, 5.41) is 5.23. The summed E-state index contributed by atoms with van der Waals surface area (Å²) < 4.78 is 0. The number of halogens is 1. The van der Waals surface area contributed by atoms with Crippen molar-refractivity contribution in [3.05, 3.63) is 71.1 Å². The fourth-order valence-corrected chi connectivity index (χ4v) is 2.16. The van der Waals surface area contributed by atoms with Crippen molar-refractivity contribution in [3.63, 3.8) is 0 Å². The van der Waals surface area contributed by atoms with Gasteiger partial charge in [-0.3, -0.25) is 4.79 Å². The van der Waals surface area contributed by atoms with E-state index in [1.807, 2.05) is 54.6 Å². The van der Waals surface area contributed by atoms with Gasteiger partial charge in [-0.05, 0) is 41.8 Å². The van der Waals surface area contributed by atoms with Crippen LogP contribution in [0.5, 0.6) is 0 Å². The number of benzene rings is 2. The molecular weight excluding hydrogens is 278 g/mol. The van der Waals surface area contributed by atoms with E-state index < -0.39 is 0 Å². The molecule has 1 amide bonds. The van der Waals surface area contributed by atoms with E-state index in [4.69, 9.17) is 11.6 Å². The Kier molecular flexibility index (Phi) is 5.07. The summed E-state index contributed by atoms with van der Waals surface area (Å²) in [6.45, 7) is 0. The van der Waals surface area contributed by atoms with Gasteiger partial charge in [0.1, 0.15) is 0 Å². The number of anilines is 1. The van der Waals surface area contributed by atoms with Crippen molar-refractivity contribution >= 4 is 35.0 Å². The third-order valence-corrected chi connectivity index (χ3v) is 3.35. The molecule has 4 heteroatoms. The first-order valence-electron chi connectivity index (χ1n) is 5.69. The molecule has 2 nitrogen and oxygen atoms in total. The van der Waals surface area contributed by atoms with E-state index >= 15 is 0 Å². The molecule has 0 unspecified atom stereocenters. The zero-order valence-corrected chi connectivity index (χ0v) is 11.6. The summed E-state index contributed by atoms with van der Waals surface area (Å²) in [7, 11) is 0. The maximum absolute atomic E-state index is 11.6. The van der Waals surface area contributed by atoms with Crippen LogP contribution in [-0.4, -0.2) is 5.91 Å². The van der Waals surface area contributed by atoms with Crippen molar-refractivity contribution in [1.82, 2.24) is 0 Å². The molecule has 0 bridgehead atoms. The Hall–Kier alpha value is -1.71. The molecular formula is C15H12ClNOS. The number of carbonyl (C=O) groups excluding carboxylic acids is 1. The van der Waals surface area contributed by atoms with Crippen LogP contribution in [0.3, 0.4) is 0 Å². The fraction of sp³-hybridized carbons (Fsp3) is 0. The molecule has 0 radical (unpaired) electrons. The van der Waals surface area contributed by atoms with Crippen molar-refractivity contribution in [2.24, 2.45) is 0 Å². The Morgan fingerprint density at radius 2 is 1.74 bits per heavy atom. The van der Waals surface area contributed by atoms with Gasteiger partial charge in [-0.25, -0.2) is 0 Å². The molecule has 0 saturated carbocycles. The first-order valence-corrected chi connectivity index (χ1v) is 6.94. The zero-order valence-electron chi connectivity index (χ0n) is 10.0. The molecule has 2 rings (SSSR count). The molecule has 2 aromatic carbocycles. The van der Waals surface area contributed by atoms with Crippen molar-refractivity contribution in [3.8, 4) is 0 Å². The number of carbonyl (C=O) groups is 1. The van der Waals surface area contributed by atoms with Crippen LogP contribution < -0.4 is 5.32 Å². The molecule has 1 N–H and O–H groups in total. The summed E-state index contributed by atoms with van der Waals surface area (Å²) in [5.41, 5.74) is 0.786. The maximum Gasteiger partial charge on any atom is 0.248 e. The highest BCUT2D eigenvalue weighted by Gasteiger charge is 1.96. The molecule has 2 aromatic rings. The molecule has 0 aliphatic rings. The van der Waals surface area contributed by atoms with Crippen LogP contribution >= 0.6 is 23.4 Å². The highest BCUT2D eigenvalue weighted by Crippen LogP contribution is 2.21. The van der Waals surface area contributed by atoms with Gasteiger partial charge in [0, 0.05) is 21.7 Å². The Labute approximate surface area is 121 Å². The number of nitrogens with one attached hydrogen (secondary N) is 1. The number of thioether (sulfide) groups is 1. The molecule has 0 aromatic heterocycles. The van der Waals surface area contributed by atoms with Crippen LogP contribution in [0, 0.1) is 0 Å². The van der Waals surface area contributed by atoms with Crippen molar-refractivity contribution in [2.75, 3.05) is 5.32 Å². The number of rotatable bonds is 4. The lowest BCUT2D eigenvalue weighted by Crippen LogP contribution is -2.07. The van der Waals surface area contributed by atoms with Gasteiger partial charge < -0.3 is 5.32 Å². The average Bonchev–Trinajstić information content (AvgIpc) is 2.42. The van der Waals surface area contributed by atoms with Gasteiger partial charge in [0.15, 0.2) is 0 Å². The predicted molar refractivity (Wildman–Crippen MR) is 81.5 cm³/mol. The van der Waals surface area contributed by atoms with Crippen LogP contribution in [0.2, 0.25) is 5.02 Å². The third kappa shape index (κ3) is 4.81. The van der Waals surface area contributed by atoms with Gasteiger partial charge in [-0.1, -0.05) is 41.6 Å². The molecule has 0 heterocycles. The molecule has 0 fully saturated rings. The SMILES string of the molecule is O=C(/C=C/Sc1ccc(Cl)cc1)Nc1ccccc1. The predicted octanol–water partition coefficient (Wildman–Crippen LogP) is 4.58. The highest BCUT2D eigenvalue weighted by molar-refractivity contribution is 8.02. The number of hydrogen-bond acceptors (Lipinski definition) is 2. The summed E-state index contributed by atoms with van der Waals surface area (Å²) in [6, 6.07) is 16.8. The van der Waals surface area contributed by atoms with Gasteiger partial charge in [0.25, 0.3) is 0 Å². The van der Waals surface area contributed by atoms with E-state index in [-0.39, 0.29) is 5.91 Å². The first kappa shape index (κ1) is 13.7. The van der Waals surface area contributed by atoms with E-state index in [0.717, 1.165) is 10.6 Å². The van der Waals surface area contributed by atoms with Crippen molar-refractivity contribution in [1.29, 1.82) is 0 Å². The van der Waals surface area contributed by atoms with E-state index in [2.05, 4.69) is 5.32 Å². The van der Waals surface area contributed by atoms with E-state index in [1.165, 1.54) is 17.8 Å².